The molecule has 1 aromatic carbocycles. The van der Waals surface area contributed by atoms with Crippen LogP contribution in [-0.4, -0.2) is 39.8 Å². The summed E-state index contributed by atoms with van der Waals surface area (Å²) in [6.07, 6.45) is 3.22. The molecule has 3 rings (SSSR count). The zero-order valence-corrected chi connectivity index (χ0v) is 20.8. The second-order valence-corrected chi connectivity index (χ2v) is 7.90. The van der Waals surface area contributed by atoms with Crippen molar-refractivity contribution in [2.24, 2.45) is 0 Å². The number of aryl methyl sites for hydroxylation is 2. The average molecular weight is 495 g/mol. The first-order valence-corrected chi connectivity index (χ1v) is 11.8. The van der Waals surface area contributed by atoms with E-state index in [-0.39, 0.29) is 29.6 Å². The Morgan fingerprint density at radius 3 is 2.42 bits per heavy atom. The van der Waals surface area contributed by atoms with Crippen LogP contribution in [0.4, 0.5) is 16.2 Å². The SMILES string of the molecule is CCC(CC)OC(=O)OCOC(=O)c1c(-c2ccccc2)nn(CC)c(=O)c1Nc1cnccc1C. The van der Waals surface area contributed by atoms with Crippen LogP contribution in [0, 0.1) is 6.92 Å². The summed E-state index contributed by atoms with van der Waals surface area (Å²) in [5.74, 6) is -0.888. The topological polar surface area (TPSA) is 122 Å². The summed E-state index contributed by atoms with van der Waals surface area (Å²) in [6, 6.07) is 10.7. The van der Waals surface area contributed by atoms with E-state index in [9.17, 15) is 14.4 Å². The van der Waals surface area contributed by atoms with Gasteiger partial charge in [-0.1, -0.05) is 44.2 Å². The Morgan fingerprint density at radius 1 is 1.06 bits per heavy atom. The molecule has 0 aliphatic carbocycles. The lowest BCUT2D eigenvalue weighted by atomic mass is 10.0. The van der Waals surface area contributed by atoms with Crippen LogP contribution in [0.25, 0.3) is 11.3 Å². The van der Waals surface area contributed by atoms with Gasteiger partial charge in [-0.25, -0.2) is 14.3 Å². The lowest BCUT2D eigenvalue weighted by Gasteiger charge is -2.18. The Bertz CT molecular complexity index is 1260. The molecule has 2 aromatic heterocycles. The van der Waals surface area contributed by atoms with E-state index in [0.717, 1.165) is 5.56 Å². The number of anilines is 2. The minimum Gasteiger partial charge on any atom is -0.431 e. The molecule has 3 aromatic rings. The third-order valence-corrected chi connectivity index (χ3v) is 5.55. The van der Waals surface area contributed by atoms with Crippen molar-refractivity contribution in [1.29, 1.82) is 0 Å². The highest BCUT2D eigenvalue weighted by atomic mass is 16.8. The predicted molar refractivity (Wildman–Crippen MR) is 134 cm³/mol. The molecule has 0 amide bonds. The number of rotatable bonds is 10. The first kappa shape index (κ1) is 26.4. The van der Waals surface area contributed by atoms with E-state index < -0.39 is 24.5 Å². The number of nitrogens with zero attached hydrogens (tertiary/aromatic N) is 3. The molecule has 0 atom stereocenters. The van der Waals surface area contributed by atoms with E-state index in [1.54, 1.807) is 49.6 Å². The first-order valence-electron chi connectivity index (χ1n) is 11.8. The maximum absolute atomic E-state index is 13.3. The van der Waals surface area contributed by atoms with Gasteiger partial charge in [-0.3, -0.25) is 9.78 Å². The number of hydrogen-bond donors (Lipinski definition) is 1. The maximum Gasteiger partial charge on any atom is 0.511 e. The molecule has 0 aliphatic rings. The van der Waals surface area contributed by atoms with Crippen molar-refractivity contribution >= 4 is 23.5 Å². The second kappa shape index (κ2) is 12.5. The number of carbonyl (C=O) groups is 2. The van der Waals surface area contributed by atoms with Crippen molar-refractivity contribution in [2.45, 2.75) is 53.2 Å². The van der Waals surface area contributed by atoms with Crippen LogP contribution in [0.3, 0.4) is 0 Å². The molecule has 36 heavy (non-hydrogen) atoms. The molecule has 0 spiro atoms. The number of nitrogens with one attached hydrogen (secondary N) is 1. The highest BCUT2D eigenvalue weighted by molar-refractivity contribution is 6.02. The smallest absolute Gasteiger partial charge is 0.431 e. The summed E-state index contributed by atoms with van der Waals surface area (Å²) in [7, 11) is 0. The maximum atomic E-state index is 13.3. The van der Waals surface area contributed by atoms with Crippen LogP contribution in [0.15, 0.2) is 53.6 Å². The van der Waals surface area contributed by atoms with E-state index in [0.29, 0.717) is 24.1 Å². The monoisotopic (exact) mass is 494 g/mol. The number of esters is 1. The van der Waals surface area contributed by atoms with Gasteiger partial charge in [0.15, 0.2) is 0 Å². The largest absolute Gasteiger partial charge is 0.511 e. The van der Waals surface area contributed by atoms with Crippen molar-refractivity contribution in [2.75, 3.05) is 12.1 Å². The Balaban J connectivity index is 2.00. The zero-order chi connectivity index (χ0) is 26.1. The van der Waals surface area contributed by atoms with Crippen molar-refractivity contribution < 1.29 is 23.8 Å². The van der Waals surface area contributed by atoms with Gasteiger partial charge in [0.25, 0.3) is 5.56 Å². The zero-order valence-electron chi connectivity index (χ0n) is 20.8. The summed E-state index contributed by atoms with van der Waals surface area (Å²) in [6.45, 7) is 6.99. The fourth-order valence-corrected chi connectivity index (χ4v) is 3.46. The van der Waals surface area contributed by atoms with Crippen LogP contribution >= 0.6 is 0 Å². The fourth-order valence-electron chi connectivity index (χ4n) is 3.46. The third kappa shape index (κ3) is 6.26. The van der Waals surface area contributed by atoms with Crippen LogP contribution < -0.4 is 10.9 Å². The molecular weight excluding hydrogens is 464 g/mol. The summed E-state index contributed by atoms with van der Waals surface area (Å²) in [5.41, 5.74) is 1.58. The van der Waals surface area contributed by atoms with Gasteiger partial charge in [-0.05, 0) is 38.3 Å². The normalized spacial score (nSPS) is 10.7. The lowest BCUT2D eigenvalue weighted by molar-refractivity contribution is -0.0394. The molecule has 1 N–H and O–H groups in total. The molecule has 0 unspecified atom stereocenters. The highest BCUT2D eigenvalue weighted by Crippen LogP contribution is 2.28. The summed E-state index contributed by atoms with van der Waals surface area (Å²) in [5, 5.41) is 7.47. The van der Waals surface area contributed by atoms with Crippen molar-refractivity contribution in [1.82, 2.24) is 14.8 Å². The van der Waals surface area contributed by atoms with Crippen LogP contribution in [0.1, 0.15) is 49.5 Å². The molecule has 190 valence electrons. The number of ether oxygens (including phenoxy) is 3. The van der Waals surface area contributed by atoms with E-state index in [1.165, 1.54) is 4.68 Å². The van der Waals surface area contributed by atoms with Gasteiger partial charge in [0.05, 0.1) is 11.9 Å². The molecule has 0 aliphatic heterocycles. The Kier molecular flexibility index (Phi) is 9.15. The minimum atomic E-state index is -0.941. The van der Waals surface area contributed by atoms with Gasteiger partial charge in [-0.2, -0.15) is 5.10 Å². The lowest BCUT2D eigenvalue weighted by Crippen LogP contribution is -2.29. The number of benzene rings is 1. The van der Waals surface area contributed by atoms with Gasteiger partial charge >= 0.3 is 12.1 Å². The van der Waals surface area contributed by atoms with Crippen LogP contribution in [0.2, 0.25) is 0 Å². The predicted octanol–water partition coefficient (Wildman–Crippen LogP) is 4.83. The van der Waals surface area contributed by atoms with Crippen LogP contribution in [0.5, 0.6) is 0 Å². The molecule has 10 nitrogen and oxygen atoms in total. The molecule has 0 saturated carbocycles. The van der Waals surface area contributed by atoms with Crippen molar-refractivity contribution in [3.8, 4) is 11.3 Å². The molecule has 0 fully saturated rings. The molecule has 2 heterocycles. The number of aromatic nitrogens is 3. The Labute approximate surface area is 209 Å². The van der Waals surface area contributed by atoms with Gasteiger partial charge in [0.1, 0.15) is 23.0 Å². The second-order valence-electron chi connectivity index (χ2n) is 7.90. The molecular formula is C26H30N4O6. The van der Waals surface area contributed by atoms with Gasteiger partial charge in [-0.15, -0.1) is 0 Å². The van der Waals surface area contributed by atoms with Gasteiger partial charge in [0, 0.05) is 18.3 Å². The summed E-state index contributed by atoms with van der Waals surface area (Å²) in [4.78, 5) is 42.6. The van der Waals surface area contributed by atoms with Crippen LogP contribution in [-0.2, 0) is 20.8 Å². The summed E-state index contributed by atoms with van der Waals surface area (Å²) < 4.78 is 16.6. The highest BCUT2D eigenvalue weighted by Gasteiger charge is 2.26. The van der Waals surface area contributed by atoms with E-state index >= 15 is 0 Å². The third-order valence-electron chi connectivity index (χ3n) is 5.55. The first-order chi connectivity index (χ1) is 17.4. The van der Waals surface area contributed by atoms with E-state index in [1.807, 2.05) is 26.8 Å². The van der Waals surface area contributed by atoms with E-state index in [4.69, 9.17) is 14.2 Å². The number of pyridine rings is 1. The van der Waals surface area contributed by atoms with Gasteiger partial charge < -0.3 is 19.5 Å². The standard InChI is InChI=1S/C26H30N4O6/c1-5-19(6-2)36-26(33)35-16-34-25(32)21-22(18-11-9-8-10-12-18)29-30(7-3)24(31)23(21)28-20-15-27-14-13-17(20)4/h8-15,19,28H,5-7,16H2,1-4H3. The average Bonchev–Trinajstić information content (AvgIpc) is 2.89. The number of carbonyl (C=O) groups excluding carboxylic acids is 2. The number of hydrogen-bond acceptors (Lipinski definition) is 9. The van der Waals surface area contributed by atoms with Crippen molar-refractivity contribution in [3.63, 3.8) is 0 Å². The fraction of sp³-hybridized carbons (Fsp3) is 0.346. The molecule has 0 saturated heterocycles. The Hall–Kier alpha value is -4.21. The molecule has 10 heteroatoms. The summed E-state index contributed by atoms with van der Waals surface area (Å²) >= 11 is 0. The van der Waals surface area contributed by atoms with E-state index in [2.05, 4.69) is 15.4 Å². The Morgan fingerprint density at radius 2 is 1.78 bits per heavy atom. The molecule has 0 bridgehead atoms. The van der Waals surface area contributed by atoms with Crippen molar-refractivity contribution in [3.05, 3.63) is 70.3 Å². The van der Waals surface area contributed by atoms with Gasteiger partial charge in [0.2, 0.25) is 6.79 Å². The molecule has 0 radical (unpaired) electrons. The quantitative estimate of drug-likeness (QED) is 0.312. The minimum absolute atomic E-state index is 0.0218.